The fraction of sp³-hybridized carbons (Fsp3) is 0.500. The maximum atomic E-state index is 11.7. The molecule has 1 heterocycles. The predicted molar refractivity (Wildman–Crippen MR) is 67.9 cm³/mol. The van der Waals surface area contributed by atoms with Crippen molar-refractivity contribution in [2.75, 3.05) is 19.0 Å². The monoisotopic (exact) mass is 233 g/mol. The summed E-state index contributed by atoms with van der Waals surface area (Å²) in [5.41, 5.74) is 2.49. The number of ether oxygens (including phenoxy) is 1. The van der Waals surface area contributed by atoms with Gasteiger partial charge in [0.1, 0.15) is 0 Å². The van der Waals surface area contributed by atoms with Gasteiger partial charge in [-0.05, 0) is 30.4 Å². The molecule has 92 valence electrons. The number of nitrogens with one attached hydrogen (secondary N) is 1. The molecular formula is C14H19NO2. The van der Waals surface area contributed by atoms with Gasteiger partial charge in [0.25, 0.3) is 0 Å². The highest BCUT2D eigenvalue weighted by Crippen LogP contribution is 2.30. The molecule has 1 N–H and O–H groups in total. The molecule has 0 aromatic heterocycles. The molecule has 1 aromatic rings. The topological polar surface area (TPSA) is 38.3 Å². The van der Waals surface area contributed by atoms with Crippen LogP contribution in [0.4, 0.5) is 5.69 Å². The number of fused-ring (bicyclic) bond motifs is 1. The van der Waals surface area contributed by atoms with Crippen molar-refractivity contribution in [3.05, 3.63) is 29.8 Å². The summed E-state index contributed by atoms with van der Waals surface area (Å²) in [5.74, 6) is 0.252. The van der Waals surface area contributed by atoms with Gasteiger partial charge < -0.3 is 10.1 Å². The Bertz CT molecular complexity index is 403. The van der Waals surface area contributed by atoms with E-state index in [9.17, 15) is 4.79 Å². The zero-order valence-corrected chi connectivity index (χ0v) is 10.4. The third kappa shape index (κ3) is 2.43. The van der Waals surface area contributed by atoms with E-state index in [0.29, 0.717) is 5.92 Å². The van der Waals surface area contributed by atoms with E-state index in [1.807, 2.05) is 19.1 Å². The molecule has 2 rings (SSSR count). The van der Waals surface area contributed by atoms with Crippen LogP contribution in [0.5, 0.6) is 0 Å². The van der Waals surface area contributed by atoms with Crippen LogP contribution in [-0.4, -0.2) is 19.6 Å². The highest BCUT2D eigenvalue weighted by molar-refractivity contribution is 5.73. The van der Waals surface area contributed by atoms with Crippen molar-refractivity contribution < 1.29 is 9.53 Å². The van der Waals surface area contributed by atoms with Crippen LogP contribution in [-0.2, 0) is 16.0 Å². The summed E-state index contributed by atoms with van der Waals surface area (Å²) < 4.78 is 4.88. The van der Waals surface area contributed by atoms with Crippen molar-refractivity contribution in [2.45, 2.75) is 19.8 Å². The van der Waals surface area contributed by atoms with Crippen LogP contribution in [0.15, 0.2) is 24.3 Å². The smallest absolute Gasteiger partial charge is 0.309 e. The van der Waals surface area contributed by atoms with Gasteiger partial charge in [-0.25, -0.2) is 0 Å². The normalized spacial score (nSPS) is 20.0. The maximum absolute atomic E-state index is 11.7. The van der Waals surface area contributed by atoms with Crippen molar-refractivity contribution in [3.8, 4) is 0 Å². The molecule has 0 radical (unpaired) electrons. The van der Waals surface area contributed by atoms with Gasteiger partial charge in [-0.1, -0.05) is 25.1 Å². The maximum Gasteiger partial charge on any atom is 0.309 e. The number of esters is 1. The first-order chi connectivity index (χ1) is 8.26. The lowest BCUT2D eigenvalue weighted by Gasteiger charge is -2.30. The number of para-hydroxylation sites is 1. The zero-order valence-electron chi connectivity index (χ0n) is 10.4. The highest BCUT2D eigenvalue weighted by Gasteiger charge is 2.30. The van der Waals surface area contributed by atoms with Crippen LogP contribution in [0.25, 0.3) is 0 Å². The fourth-order valence-corrected chi connectivity index (χ4v) is 2.59. The van der Waals surface area contributed by atoms with Crippen LogP contribution in [0.3, 0.4) is 0 Å². The molecule has 0 bridgehead atoms. The van der Waals surface area contributed by atoms with E-state index in [0.717, 1.165) is 19.4 Å². The number of carbonyl (C=O) groups is 1. The van der Waals surface area contributed by atoms with E-state index < -0.39 is 0 Å². The SMILES string of the molecule is CCC(C(=O)OC)C1CNc2ccccc2C1. The van der Waals surface area contributed by atoms with Gasteiger partial charge in [-0.2, -0.15) is 0 Å². The second-order valence-corrected chi connectivity index (χ2v) is 4.54. The Kier molecular flexibility index (Phi) is 3.67. The van der Waals surface area contributed by atoms with Crippen molar-refractivity contribution >= 4 is 11.7 Å². The minimum absolute atomic E-state index is 0.000793. The van der Waals surface area contributed by atoms with E-state index in [2.05, 4.69) is 17.4 Å². The molecule has 0 amide bonds. The Morgan fingerprint density at radius 2 is 2.29 bits per heavy atom. The summed E-state index contributed by atoms with van der Waals surface area (Å²) in [6.07, 6.45) is 1.79. The average Bonchev–Trinajstić information content (AvgIpc) is 2.39. The quantitative estimate of drug-likeness (QED) is 0.815. The van der Waals surface area contributed by atoms with Gasteiger partial charge >= 0.3 is 5.97 Å². The van der Waals surface area contributed by atoms with Crippen LogP contribution >= 0.6 is 0 Å². The van der Waals surface area contributed by atoms with Gasteiger partial charge in [0.15, 0.2) is 0 Å². The molecule has 3 nitrogen and oxygen atoms in total. The molecule has 0 saturated carbocycles. The number of methoxy groups -OCH3 is 1. The molecule has 1 aliphatic rings. The lowest BCUT2D eigenvalue weighted by molar-refractivity contribution is -0.147. The molecule has 0 aliphatic carbocycles. The number of anilines is 1. The van der Waals surface area contributed by atoms with E-state index in [1.165, 1.54) is 18.4 Å². The molecule has 3 heteroatoms. The third-order valence-electron chi connectivity index (χ3n) is 3.57. The second kappa shape index (κ2) is 5.21. The lowest BCUT2D eigenvalue weighted by Crippen LogP contribution is -2.34. The number of hydrogen-bond donors (Lipinski definition) is 1. The lowest BCUT2D eigenvalue weighted by atomic mass is 9.82. The summed E-state index contributed by atoms with van der Waals surface area (Å²) >= 11 is 0. The van der Waals surface area contributed by atoms with Crippen molar-refractivity contribution in [2.24, 2.45) is 11.8 Å². The molecule has 1 aliphatic heterocycles. The van der Waals surface area contributed by atoms with Crippen LogP contribution in [0.1, 0.15) is 18.9 Å². The van der Waals surface area contributed by atoms with Crippen molar-refractivity contribution in [1.29, 1.82) is 0 Å². The standard InChI is InChI=1S/C14H19NO2/c1-3-12(14(16)17-2)11-8-10-6-4-5-7-13(10)15-9-11/h4-7,11-12,15H,3,8-9H2,1-2H3. The van der Waals surface area contributed by atoms with Gasteiger partial charge in [0.05, 0.1) is 13.0 Å². The largest absolute Gasteiger partial charge is 0.469 e. The van der Waals surface area contributed by atoms with Gasteiger partial charge in [-0.15, -0.1) is 0 Å². The van der Waals surface area contributed by atoms with Crippen LogP contribution in [0.2, 0.25) is 0 Å². The molecule has 0 spiro atoms. The Balaban J connectivity index is 2.13. The first-order valence-electron chi connectivity index (χ1n) is 6.15. The first kappa shape index (κ1) is 12.0. The Morgan fingerprint density at radius 3 is 3.00 bits per heavy atom. The molecule has 2 atom stereocenters. The molecule has 0 fully saturated rings. The Morgan fingerprint density at radius 1 is 1.53 bits per heavy atom. The second-order valence-electron chi connectivity index (χ2n) is 4.54. The van der Waals surface area contributed by atoms with Gasteiger partial charge in [0.2, 0.25) is 0 Å². The highest BCUT2D eigenvalue weighted by atomic mass is 16.5. The molecule has 2 unspecified atom stereocenters. The number of rotatable bonds is 3. The van der Waals surface area contributed by atoms with E-state index in [1.54, 1.807) is 0 Å². The Labute approximate surface area is 102 Å². The Hall–Kier alpha value is -1.51. The summed E-state index contributed by atoms with van der Waals surface area (Å²) in [5, 5.41) is 3.40. The van der Waals surface area contributed by atoms with E-state index >= 15 is 0 Å². The zero-order chi connectivity index (χ0) is 12.3. The van der Waals surface area contributed by atoms with Crippen molar-refractivity contribution in [1.82, 2.24) is 0 Å². The van der Waals surface area contributed by atoms with Crippen molar-refractivity contribution in [3.63, 3.8) is 0 Å². The minimum atomic E-state index is -0.0846. The number of carbonyl (C=O) groups excluding carboxylic acids is 1. The van der Waals surface area contributed by atoms with E-state index in [-0.39, 0.29) is 11.9 Å². The molecule has 1 aromatic carbocycles. The summed E-state index contributed by atoms with van der Waals surface area (Å²) in [7, 11) is 1.47. The minimum Gasteiger partial charge on any atom is -0.469 e. The van der Waals surface area contributed by atoms with Crippen LogP contribution < -0.4 is 5.32 Å². The first-order valence-corrected chi connectivity index (χ1v) is 6.15. The number of hydrogen-bond acceptors (Lipinski definition) is 3. The van der Waals surface area contributed by atoms with Gasteiger partial charge in [-0.3, -0.25) is 4.79 Å². The third-order valence-corrected chi connectivity index (χ3v) is 3.57. The van der Waals surface area contributed by atoms with E-state index in [4.69, 9.17) is 4.74 Å². The summed E-state index contributed by atoms with van der Waals surface area (Å²) in [4.78, 5) is 11.7. The number of benzene rings is 1. The summed E-state index contributed by atoms with van der Waals surface area (Å²) in [6, 6.07) is 8.29. The molecule has 0 saturated heterocycles. The molecule has 17 heavy (non-hydrogen) atoms. The summed E-state index contributed by atoms with van der Waals surface area (Å²) in [6.45, 7) is 2.90. The average molecular weight is 233 g/mol. The van der Waals surface area contributed by atoms with Crippen LogP contribution in [0, 0.1) is 11.8 Å². The molecular weight excluding hydrogens is 214 g/mol. The fourth-order valence-electron chi connectivity index (χ4n) is 2.59. The predicted octanol–water partition coefficient (Wildman–Crippen LogP) is 2.47. The van der Waals surface area contributed by atoms with Gasteiger partial charge in [0, 0.05) is 12.2 Å².